The van der Waals surface area contributed by atoms with Crippen molar-refractivity contribution in [1.82, 2.24) is 20.2 Å². The number of hydrogen-bond donors (Lipinski definition) is 4. The summed E-state index contributed by atoms with van der Waals surface area (Å²) in [6.45, 7) is -0.103. The van der Waals surface area contributed by atoms with Crippen LogP contribution < -0.4 is 21.9 Å². The Labute approximate surface area is 181 Å². The number of nitrogens with one attached hydrogen (secondary N) is 3. The molecule has 12 heteroatoms. The van der Waals surface area contributed by atoms with Crippen molar-refractivity contribution in [2.24, 2.45) is 0 Å². The van der Waals surface area contributed by atoms with E-state index in [0.717, 1.165) is 18.6 Å². The molecule has 0 unspecified atom stereocenters. The molecule has 31 heavy (non-hydrogen) atoms. The van der Waals surface area contributed by atoms with Crippen molar-refractivity contribution < 1.29 is 24.2 Å². The fourth-order valence-electron chi connectivity index (χ4n) is 4.20. The first-order chi connectivity index (χ1) is 14.9. The average molecular weight is 455 g/mol. The topological polar surface area (TPSA) is 152 Å². The summed E-state index contributed by atoms with van der Waals surface area (Å²) < 4.78 is 12.1. The van der Waals surface area contributed by atoms with Crippen molar-refractivity contribution in [3.63, 3.8) is 0 Å². The lowest BCUT2D eigenvalue weighted by atomic mass is 10.0. The van der Waals surface area contributed by atoms with Gasteiger partial charge in [0.2, 0.25) is 0 Å². The lowest BCUT2D eigenvalue weighted by Gasteiger charge is -2.17. The summed E-state index contributed by atoms with van der Waals surface area (Å²) in [7, 11) is 0. The van der Waals surface area contributed by atoms with Crippen LogP contribution in [0.1, 0.15) is 38.3 Å². The summed E-state index contributed by atoms with van der Waals surface area (Å²) in [4.78, 5) is 48.6. The van der Waals surface area contributed by atoms with Gasteiger partial charge in [-0.15, -0.1) is 0 Å². The van der Waals surface area contributed by atoms with Gasteiger partial charge in [-0.3, -0.25) is 19.1 Å². The number of aliphatic hydroxyl groups excluding tert-OH is 1. The molecule has 0 aromatic carbocycles. The lowest BCUT2D eigenvalue weighted by Crippen LogP contribution is -2.36. The summed E-state index contributed by atoms with van der Waals surface area (Å²) in [5.74, 6) is 0.541. The number of hydrogen-bond acceptors (Lipinski definition) is 8. The predicted molar refractivity (Wildman–Crippen MR) is 111 cm³/mol. The highest BCUT2D eigenvalue weighted by molar-refractivity contribution is 8.00. The second-order valence-corrected chi connectivity index (χ2v) is 9.27. The van der Waals surface area contributed by atoms with E-state index < -0.39 is 29.7 Å². The van der Waals surface area contributed by atoms with E-state index in [0.29, 0.717) is 11.7 Å². The van der Waals surface area contributed by atoms with Gasteiger partial charge in [0.05, 0.1) is 18.2 Å². The van der Waals surface area contributed by atoms with E-state index in [1.165, 1.54) is 16.8 Å². The molecule has 4 heterocycles. The average Bonchev–Trinajstić information content (AvgIpc) is 3.38. The minimum Gasteiger partial charge on any atom is -0.463 e. The maximum absolute atomic E-state index is 12.0. The van der Waals surface area contributed by atoms with Gasteiger partial charge in [0.25, 0.3) is 5.56 Å². The number of amides is 2. The third kappa shape index (κ3) is 5.13. The van der Waals surface area contributed by atoms with E-state index in [9.17, 15) is 24.3 Å². The van der Waals surface area contributed by atoms with Crippen molar-refractivity contribution in [2.75, 3.05) is 12.4 Å². The van der Waals surface area contributed by atoms with E-state index in [4.69, 9.17) is 9.47 Å². The zero-order valence-corrected chi connectivity index (χ0v) is 17.6. The molecule has 0 radical (unpaired) electrons. The minimum absolute atomic E-state index is 0.103. The van der Waals surface area contributed by atoms with Gasteiger partial charge in [0.15, 0.2) is 0 Å². The molecule has 11 nitrogen and oxygen atoms in total. The number of urea groups is 1. The Balaban J connectivity index is 1.15. The highest BCUT2D eigenvalue weighted by Gasteiger charge is 2.42. The second-order valence-electron chi connectivity index (χ2n) is 8.00. The van der Waals surface area contributed by atoms with Crippen LogP contribution in [0.4, 0.5) is 4.79 Å². The third-order valence-corrected chi connectivity index (χ3v) is 7.34. The summed E-state index contributed by atoms with van der Waals surface area (Å²) in [5.41, 5.74) is -1.14. The molecule has 3 aliphatic heterocycles. The molecule has 1 aromatic heterocycles. The quantitative estimate of drug-likeness (QED) is 0.232. The number of carbonyl (C=O) groups excluding carboxylic acids is 2. The summed E-state index contributed by atoms with van der Waals surface area (Å²) >= 11 is 1.84. The number of aromatic amines is 1. The SMILES string of the molecule is O=C1N[C@H]2[C@H](CS[C@H]2CCCCC(=O)OC[C@H]2O[C@@H](n3ccc(=O)[nH]c3=O)C[C@@H]2O)N1. The third-order valence-electron chi connectivity index (χ3n) is 5.83. The Hall–Kier alpha value is -2.31. The summed E-state index contributed by atoms with van der Waals surface area (Å²) in [6, 6.07) is 1.45. The van der Waals surface area contributed by atoms with Crippen LogP contribution in [0.3, 0.4) is 0 Å². The maximum Gasteiger partial charge on any atom is 0.330 e. The number of esters is 1. The van der Waals surface area contributed by atoms with Crippen molar-refractivity contribution in [1.29, 1.82) is 0 Å². The van der Waals surface area contributed by atoms with Crippen molar-refractivity contribution in [2.45, 2.75) is 67.9 Å². The van der Waals surface area contributed by atoms with Crippen LogP contribution in [0.25, 0.3) is 0 Å². The zero-order valence-electron chi connectivity index (χ0n) is 16.8. The van der Waals surface area contributed by atoms with E-state index in [-0.39, 0.29) is 43.5 Å². The summed E-state index contributed by atoms with van der Waals surface area (Å²) in [6.07, 6.45) is 1.82. The predicted octanol–water partition coefficient (Wildman–Crippen LogP) is -0.546. The van der Waals surface area contributed by atoms with E-state index in [2.05, 4.69) is 15.6 Å². The molecule has 0 aliphatic carbocycles. The zero-order chi connectivity index (χ0) is 22.0. The smallest absolute Gasteiger partial charge is 0.330 e. The lowest BCUT2D eigenvalue weighted by molar-refractivity contribution is -0.150. The molecule has 0 saturated carbocycles. The van der Waals surface area contributed by atoms with Crippen LogP contribution in [0.15, 0.2) is 21.9 Å². The van der Waals surface area contributed by atoms with Crippen LogP contribution in [-0.2, 0) is 14.3 Å². The van der Waals surface area contributed by atoms with E-state index in [1.807, 2.05) is 11.8 Å². The molecule has 1 aromatic rings. The van der Waals surface area contributed by atoms with Crippen LogP contribution >= 0.6 is 11.8 Å². The van der Waals surface area contributed by atoms with Gasteiger partial charge in [-0.1, -0.05) is 6.42 Å². The maximum atomic E-state index is 12.0. The van der Waals surface area contributed by atoms with Gasteiger partial charge in [-0.2, -0.15) is 11.8 Å². The van der Waals surface area contributed by atoms with Gasteiger partial charge in [0.1, 0.15) is 18.9 Å². The second kappa shape index (κ2) is 9.45. The molecule has 170 valence electrons. The van der Waals surface area contributed by atoms with Gasteiger partial charge < -0.3 is 25.2 Å². The number of rotatable bonds is 8. The molecule has 4 rings (SSSR count). The molecule has 2 amide bonds. The monoisotopic (exact) mass is 454 g/mol. The normalized spacial score (nSPS) is 31.8. The van der Waals surface area contributed by atoms with Crippen molar-refractivity contribution >= 4 is 23.8 Å². The molecule has 3 saturated heterocycles. The number of fused-ring (bicyclic) bond motifs is 1. The molecule has 6 atom stereocenters. The molecule has 4 N–H and O–H groups in total. The molecular formula is C19H26N4O7S. The highest BCUT2D eigenvalue weighted by atomic mass is 32.2. The van der Waals surface area contributed by atoms with Gasteiger partial charge >= 0.3 is 17.7 Å². The molecule has 3 fully saturated rings. The molecule has 0 bridgehead atoms. The Kier molecular flexibility index (Phi) is 6.68. The Bertz CT molecular complexity index is 934. The fraction of sp³-hybridized carbons (Fsp3) is 0.684. The van der Waals surface area contributed by atoms with E-state index >= 15 is 0 Å². The number of unbranched alkanes of at least 4 members (excludes halogenated alkanes) is 1. The Morgan fingerprint density at radius 2 is 2.13 bits per heavy atom. The van der Waals surface area contributed by atoms with E-state index in [1.54, 1.807) is 0 Å². The summed E-state index contributed by atoms with van der Waals surface area (Å²) in [5, 5.41) is 16.4. The first-order valence-electron chi connectivity index (χ1n) is 10.4. The van der Waals surface area contributed by atoms with Gasteiger partial charge in [-0.05, 0) is 12.8 Å². The Morgan fingerprint density at radius 3 is 2.94 bits per heavy atom. The minimum atomic E-state index is -0.890. The number of thioether (sulfide) groups is 1. The standard InChI is InChI=1S/C19H26N4O7S/c24-11-7-15(23-6-5-14(25)21-19(23)28)30-12(11)8-29-16(26)4-2-1-3-13-17-10(9-31-13)20-18(27)22-17/h5-6,10-13,15,17,24H,1-4,7-9H2,(H2,20,22,27)(H,21,25,28)/t10-,11-,12+,13-,15+,17-/m0/s1. The molecule has 3 aliphatic rings. The Morgan fingerprint density at radius 1 is 1.29 bits per heavy atom. The molecular weight excluding hydrogens is 428 g/mol. The van der Waals surface area contributed by atoms with Crippen LogP contribution in [0, 0.1) is 0 Å². The number of aliphatic hydroxyl groups is 1. The van der Waals surface area contributed by atoms with Crippen LogP contribution in [0.5, 0.6) is 0 Å². The number of aromatic nitrogens is 2. The van der Waals surface area contributed by atoms with Crippen molar-refractivity contribution in [3.05, 3.63) is 33.1 Å². The highest BCUT2D eigenvalue weighted by Crippen LogP contribution is 2.33. The largest absolute Gasteiger partial charge is 0.463 e. The van der Waals surface area contributed by atoms with Gasteiger partial charge in [0, 0.05) is 36.1 Å². The number of ether oxygens (including phenoxy) is 2. The van der Waals surface area contributed by atoms with Crippen molar-refractivity contribution in [3.8, 4) is 0 Å². The number of H-pyrrole nitrogens is 1. The first kappa shape index (κ1) is 21.9. The van der Waals surface area contributed by atoms with Crippen LogP contribution in [0.2, 0.25) is 0 Å². The first-order valence-corrected chi connectivity index (χ1v) is 11.4. The fourth-order valence-corrected chi connectivity index (χ4v) is 5.74. The van der Waals surface area contributed by atoms with Crippen LogP contribution in [-0.4, -0.2) is 68.6 Å². The molecule has 0 spiro atoms. The van der Waals surface area contributed by atoms with Gasteiger partial charge in [-0.25, -0.2) is 9.59 Å². The number of nitrogens with zero attached hydrogens (tertiary/aromatic N) is 1. The number of carbonyl (C=O) groups is 2.